The number of amides is 1. The molecule has 0 aliphatic heterocycles. The van der Waals surface area contributed by atoms with Crippen LogP contribution in [0.25, 0.3) is 17.0 Å². The van der Waals surface area contributed by atoms with Crippen LogP contribution >= 0.6 is 0 Å². The van der Waals surface area contributed by atoms with Crippen LogP contribution in [0.1, 0.15) is 27.0 Å². The molecule has 11 heteroatoms. The Morgan fingerprint density at radius 2 is 1.48 bits per heavy atom. The fraction of sp³-hybridized carbons (Fsp3) is 0.136. The number of fused-ring (bicyclic) bond motifs is 1. The van der Waals surface area contributed by atoms with E-state index in [2.05, 4.69) is 15.5 Å². The molecule has 0 fully saturated rings. The molecule has 4 aromatic rings. The zero-order valence-corrected chi connectivity index (χ0v) is 16.6. The lowest BCUT2D eigenvalue weighted by atomic mass is 10.0. The summed E-state index contributed by atoms with van der Waals surface area (Å²) in [6, 6.07) is 13.1. The third-order valence-corrected chi connectivity index (χ3v) is 4.81. The molecule has 0 aliphatic carbocycles. The number of pyridine rings is 1. The van der Waals surface area contributed by atoms with Crippen LogP contribution in [0.2, 0.25) is 0 Å². The normalized spacial score (nSPS) is 12.2. The minimum atomic E-state index is -5.00. The van der Waals surface area contributed by atoms with Crippen LogP contribution in [0.4, 0.5) is 26.3 Å². The average Bonchev–Trinajstić information content (AvgIpc) is 3.20. The van der Waals surface area contributed by atoms with Crippen molar-refractivity contribution in [1.29, 1.82) is 0 Å². The van der Waals surface area contributed by atoms with Gasteiger partial charge in [0.25, 0.3) is 5.91 Å². The van der Waals surface area contributed by atoms with Gasteiger partial charge in [0.1, 0.15) is 0 Å². The lowest BCUT2D eigenvalue weighted by Crippen LogP contribution is -2.23. The van der Waals surface area contributed by atoms with Crippen molar-refractivity contribution in [3.05, 3.63) is 89.1 Å². The van der Waals surface area contributed by atoms with E-state index in [0.717, 1.165) is 5.56 Å². The third kappa shape index (κ3) is 4.81. The van der Waals surface area contributed by atoms with Gasteiger partial charge in [0, 0.05) is 18.3 Å². The first-order chi connectivity index (χ1) is 15.5. The molecule has 0 atom stereocenters. The second-order valence-electron chi connectivity index (χ2n) is 7.13. The van der Waals surface area contributed by atoms with Gasteiger partial charge in [-0.15, -0.1) is 10.2 Å². The van der Waals surface area contributed by atoms with Gasteiger partial charge in [-0.1, -0.05) is 30.3 Å². The molecule has 0 saturated carbocycles. The van der Waals surface area contributed by atoms with Crippen molar-refractivity contribution in [3.8, 4) is 11.4 Å². The number of nitrogens with one attached hydrogen (secondary N) is 1. The Bertz CT molecular complexity index is 1280. The molecule has 5 nitrogen and oxygen atoms in total. The summed E-state index contributed by atoms with van der Waals surface area (Å²) < 4.78 is 80.5. The summed E-state index contributed by atoms with van der Waals surface area (Å²) in [6.45, 7) is 0.231. The van der Waals surface area contributed by atoms with Gasteiger partial charge >= 0.3 is 12.4 Å². The maximum atomic E-state index is 13.2. The highest BCUT2D eigenvalue weighted by atomic mass is 19.4. The first kappa shape index (κ1) is 22.3. The van der Waals surface area contributed by atoms with Crippen molar-refractivity contribution in [2.24, 2.45) is 0 Å². The molecule has 0 aliphatic rings. The maximum absolute atomic E-state index is 13.2. The van der Waals surface area contributed by atoms with Crippen molar-refractivity contribution >= 4 is 11.6 Å². The molecule has 2 aromatic heterocycles. The average molecular weight is 464 g/mol. The molecule has 0 spiro atoms. The van der Waals surface area contributed by atoms with Crippen LogP contribution in [0.5, 0.6) is 0 Å². The van der Waals surface area contributed by atoms with Gasteiger partial charge < -0.3 is 5.32 Å². The number of hydrogen-bond acceptors (Lipinski definition) is 3. The van der Waals surface area contributed by atoms with Crippen LogP contribution < -0.4 is 5.32 Å². The molecule has 4 rings (SSSR count). The van der Waals surface area contributed by atoms with Crippen molar-refractivity contribution in [2.75, 3.05) is 0 Å². The highest BCUT2D eigenvalue weighted by molar-refractivity contribution is 5.94. The summed E-state index contributed by atoms with van der Waals surface area (Å²) in [5.41, 5.74) is -2.26. The minimum absolute atomic E-state index is 0.0369. The second-order valence-corrected chi connectivity index (χ2v) is 7.13. The SMILES string of the molecule is O=C(NCc1ccccc1)c1ccc2nnc(-c3cc(C(F)(F)F)cc(C(F)(F)F)c3)n2c1. The molecular formula is C22H14F6N4O. The van der Waals surface area contributed by atoms with Crippen molar-refractivity contribution < 1.29 is 31.1 Å². The molecule has 33 heavy (non-hydrogen) atoms. The van der Waals surface area contributed by atoms with Crippen molar-refractivity contribution in [3.63, 3.8) is 0 Å². The number of carbonyl (C=O) groups is 1. The quantitative estimate of drug-likeness (QED) is 0.414. The second kappa shape index (κ2) is 8.23. The Morgan fingerprint density at radius 3 is 2.09 bits per heavy atom. The van der Waals surface area contributed by atoms with Gasteiger partial charge in [-0.2, -0.15) is 26.3 Å². The van der Waals surface area contributed by atoms with Gasteiger partial charge in [-0.3, -0.25) is 9.20 Å². The summed E-state index contributed by atoms with van der Waals surface area (Å²) in [6.07, 6.45) is -8.74. The van der Waals surface area contributed by atoms with E-state index in [1.165, 1.54) is 22.7 Å². The van der Waals surface area contributed by atoms with E-state index in [4.69, 9.17) is 0 Å². The molecule has 0 bridgehead atoms. The predicted octanol–water partition coefficient (Wildman–Crippen LogP) is 5.36. The first-order valence-corrected chi connectivity index (χ1v) is 9.49. The number of rotatable bonds is 4. The molecule has 2 heterocycles. The molecular weight excluding hydrogens is 450 g/mol. The topological polar surface area (TPSA) is 59.3 Å². The van der Waals surface area contributed by atoms with Crippen LogP contribution in [0, 0.1) is 0 Å². The van der Waals surface area contributed by atoms with Gasteiger partial charge in [0.05, 0.1) is 16.7 Å². The minimum Gasteiger partial charge on any atom is -0.348 e. The van der Waals surface area contributed by atoms with E-state index in [1.54, 1.807) is 12.1 Å². The van der Waals surface area contributed by atoms with E-state index >= 15 is 0 Å². The summed E-state index contributed by atoms with van der Waals surface area (Å²) >= 11 is 0. The fourth-order valence-electron chi connectivity index (χ4n) is 3.19. The first-order valence-electron chi connectivity index (χ1n) is 9.49. The lowest BCUT2D eigenvalue weighted by Gasteiger charge is -2.13. The summed E-state index contributed by atoms with van der Waals surface area (Å²) in [4.78, 5) is 12.5. The molecule has 0 saturated heterocycles. The Morgan fingerprint density at radius 1 is 0.848 bits per heavy atom. The van der Waals surface area contributed by atoms with E-state index in [0.29, 0.717) is 12.1 Å². The number of aromatic nitrogens is 3. The fourth-order valence-corrected chi connectivity index (χ4v) is 3.19. The zero-order valence-electron chi connectivity index (χ0n) is 16.6. The molecule has 0 radical (unpaired) electrons. The van der Waals surface area contributed by atoms with Crippen LogP contribution in [0.15, 0.2) is 66.9 Å². The number of halogens is 6. The maximum Gasteiger partial charge on any atom is 0.416 e. The number of nitrogens with zero attached hydrogens (tertiary/aromatic N) is 3. The van der Waals surface area contributed by atoms with E-state index in [-0.39, 0.29) is 29.6 Å². The largest absolute Gasteiger partial charge is 0.416 e. The number of hydrogen-bond donors (Lipinski definition) is 1. The summed E-state index contributed by atoms with van der Waals surface area (Å²) in [5.74, 6) is -0.750. The Kier molecular flexibility index (Phi) is 5.56. The highest BCUT2D eigenvalue weighted by Gasteiger charge is 2.37. The molecule has 2 aromatic carbocycles. The lowest BCUT2D eigenvalue weighted by molar-refractivity contribution is -0.143. The smallest absolute Gasteiger partial charge is 0.348 e. The Hall–Kier alpha value is -3.89. The predicted molar refractivity (Wildman–Crippen MR) is 106 cm³/mol. The van der Waals surface area contributed by atoms with Gasteiger partial charge in [-0.25, -0.2) is 0 Å². The zero-order chi connectivity index (χ0) is 23.8. The van der Waals surface area contributed by atoms with Gasteiger partial charge in [0.2, 0.25) is 0 Å². The standard InChI is InChI=1S/C22H14F6N4O/c23-21(24,25)16-8-15(9-17(10-16)22(26,27)28)19-31-30-18-7-6-14(12-32(18)19)20(33)29-11-13-4-2-1-3-5-13/h1-10,12H,11H2,(H,29,33). The van der Waals surface area contributed by atoms with Crippen LogP contribution in [-0.2, 0) is 18.9 Å². The van der Waals surface area contributed by atoms with Crippen LogP contribution in [0.3, 0.4) is 0 Å². The van der Waals surface area contributed by atoms with Crippen molar-refractivity contribution in [1.82, 2.24) is 19.9 Å². The van der Waals surface area contributed by atoms with Crippen LogP contribution in [-0.4, -0.2) is 20.5 Å². The molecule has 170 valence electrons. The molecule has 1 N–H and O–H groups in total. The van der Waals surface area contributed by atoms with E-state index in [9.17, 15) is 31.1 Å². The summed E-state index contributed by atoms with van der Waals surface area (Å²) in [5, 5.41) is 10.2. The highest BCUT2D eigenvalue weighted by Crippen LogP contribution is 2.38. The van der Waals surface area contributed by atoms with E-state index < -0.39 is 35.0 Å². The Balaban J connectivity index is 1.72. The van der Waals surface area contributed by atoms with Crippen molar-refractivity contribution in [2.45, 2.75) is 18.9 Å². The number of alkyl halides is 6. The number of benzene rings is 2. The van der Waals surface area contributed by atoms with E-state index in [1.807, 2.05) is 18.2 Å². The van der Waals surface area contributed by atoms with Gasteiger partial charge in [0.15, 0.2) is 11.5 Å². The monoisotopic (exact) mass is 464 g/mol. The third-order valence-electron chi connectivity index (χ3n) is 4.81. The Labute approximate surface area is 182 Å². The summed E-state index contributed by atoms with van der Waals surface area (Å²) in [7, 11) is 0. The van der Waals surface area contributed by atoms with Gasteiger partial charge in [-0.05, 0) is 35.9 Å². The molecule has 1 amide bonds. The number of carbonyl (C=O) groups excluding carboxylic acids is 1. The molecule has 0 unspecified atom stereocenters.